The second kappa shape index (κ2) is 9.72. The minimum Gasteiger partial charge on any atom is -0.507 e. The van der Waals surface area contributed by atoms with E-state index >= 15 is 0 Å². The molecule has 7 atom stereocenters. The van der Waals surface area contributed by atoms with E-state index in [1.807, 2.05) is 0 Å². The van der Waals surface area contributed by atoms with Gasteiger partial charge in [-0.05, 0) is 64.6 Å². The van der Waals surface area contributed by atoms with E-state index in [0.29, 0.717) is 5.56 Å². The molecule has 0 spiro atoms. The minimum atomic E-state index is -3.05. The number of benzene rings is 1. The number of amides is 2. The number of fused-ring (bicyclic) bond motifs is 3. The van der Waals surface area contributed by atoms with E-state index in [2.05, 4.69) is 5.32 Å². The van der Waals surface area contributed by atoms with Crippen LogP contribution >= 0.6 is 0 Å². The van der Waals surface area contributed by atoms with Gasteiger partial charge in [-0.1, -0.05) is 6.07 Å². The van der Waals surface area contributed by atoms with Crippen molar-refractivity contribution in [2.24, 2.45) is 29.4 Å². The summed E-state index contributed by atoms with van der Waals surface area (Å²) in [5, 5.41) is 36.5. The molecule has 0 bridgehead atoms. The third-order valence-electron chi connectivity index (χ3n) is 7.98. The molecular weight excluding hydrogens is 522 g/mol. The van der Waals surface area contributed by atoms with Gasteiger partial charge in [-0.25, -0.2) is 0 Å². The molecule has 2 amide bonds. The number of Topliss-reactive ketones (excluding diaryl/α,β-unsaturated/α-hetero) is 4. The molecule has 0 saturated heterocycles. The van der Waals surface area contributed by atoms with Crippen LogP contribution in [0.3, 0.4) is 0 Å². The van der Waals surface area contributed by atoms with Crippen LogP contribution in [0.2, 0.25) is 0 Å². The monoisotopic (exact) mass is 555 g/mol. The third kappa shape index (κ3) is 4.36. The summed E-state index contributed by atoms with van der Waals surface area (Å²) < 4.78 is 0. The topological polar surface area (TPSA) is 204 Å². The fourth-order valence-electron chi connectivity index (χ4n) is 6.37. The number of nitrogens with zero attached hydrogens (tertiary/aromatic N) is 1. The Hall–Kier alpha value is -3.74. The number of ketones is 4. The molecule has 0 aliphatic heterocycles. The van der Waals surface area contributed by atoms with Crippen LogP contribution in [0.1, 0.15) is 42.3 Å². The molecule has 1 aromatic carbocycles. The molecule has 12 heteroatoms. The molecule has 3 aliphatic carbocycles. The van der Waals surface area contributed by atoms with Gasteiger partial charge < -0.3 is 26.4 Å². The zero-order chi connectivity index (χ0) is 30.1. The number of phenols is 1. The van der Waals surface area contributed by atoms with Crippen molar-refractivity contribution in [3.05, 3.63) is 34.9 Å². The first-order chi connectivity index (χ1) is 18.4. The van der Waals surface area contributed by atoms with Crippen LogP contribution in [-0.4, -0.2) is 92.5 Å². The third-order valence-corrected chi connectivity index (χ3v) is 7.98. The summed E-state index contributed by atoms with van der Waals surface area (Å²) in [6.07, 6.45) is 0.818. The molecule has 0 aromatic heterocycles. The van der Waals surface area contributed by atoms with Crippen molar-refractivity contribution in [2.75, 3.05) is 14.1 Å². The molecule has 2 saturated carbocycles. The van der Waals surface area contributed by atoms with Crippen molar-refractivity contribution in [3.8, 4) is 5.75 Å². The predicted molar refractivity (Wildman–Crippen MR) is 140 cm³/mol. The van der Waals surface area contributed by atoms with Gasteiger partial charge in [0.25, 0.3) is 0 Å². The number of primary amides is 1. The van der Waals surface area contributed by atoms with Gasteiger partial charge in [0.2, 0.25) is 11.8 Å². The lowest BCUT2D eigenvalue weighted by Gasteiger charge is -2.54. The number of aliphatic hydroxyl groups excluding tert-OH is 1. The Kier molecular flexibility index (Phi) is 7.11. The Morgan fingerprint density at radius 3 is 2.30 bits per heavy atom. The molecule has 214 valence electrons. The number of aromatic hydroxyl groups is 1. The van der Waals surface area contributed by atoms with Crippen LogP contribution < -0.4 is 11.1 Å². The fourth-order valence-corrected chi connectivity index (χ4v) is 6.37. The van der Waals surface area contributed by atoms with E-state index < -0.39 is 87.7 Å². The van der Waals surface area contributed by atoms with Crippen LogP contribution in [0.4, 0.5) is 0 Å². The van der Waals surface area contributed by atoms with Crippen molar-refractivity contribution in [3.63, 3.8) is 0 Å². The van der Waals surface area contributed by atoms with Gasteiger partial charge in [-0.15, -0.1) is 0 Å². The number of hydrogen-bond donors (Lipinski definition) is 5. The number of hydrogen-bond acceptors (Lipinski definition) is 10. The highest BCUT2D eigenvalue weighted by Gasteiger charge is 2.72. The van der Waals surface area contributed by atoms with Gasteiger partial charge in [-0.2, -0.15) is 0 Å². The molecule has 40 heavy (non-hydrogen) atoms. The number of carbonyl (C=O) groups excluding carboxylic acids is 6. The van der Waals surface area contributed by atoms with Gasteiger partial charge in [0, 0.05) is 17.5 Å². The van der Waals surface area contributed by atoms with Crippen molar-refractivity contribution < 1.29 is 44.1 Å². The van der Waals surface area contributed by atoms with Crippen molar-refractivity contribution in [1.29, 1.82) is 0 Å². The molecule has 6 N–H and O–H groups in total. The summed E-state index contributed by atoms with van der Waals surface area (Å²) >= 11 is 0. The number of likely N-dealkylation sites (N-methyl/N-ethyl adjacent to an activating group) is 1. The summed E-state index contributed by atoms with van der Waals surface area (Å²) in [5.74, 6) is -13.6. The molecule has 1 aromatic rings. The molecule has 3 aliphatic rings. The van der Waals surface area contributed by atoms with E-state index in [4.69, 9.17) is 5.73 Å². The number of aliphatic hydroxyl groups is 2. The van der Waals surface area contributed by atoms with Crippen LogP contribution in [0, 0.1) is 23.7 Å². The Bertz CT molecular complexity index is 1380. The van der Waals surface area contributed by atoms with Crippen LogP contribution in [0.15, 0.2) is 18.2 Å². The van der Waals surface area contributed by atoms with E-state index in [9.17, 15) is 44.1 Å². The number of rotatable bonds is 4. The quantitative estimate of drug-likeness (QED) is 0.221. The second-order valence-electron chi connectivity index (χ2n) is 12.0. The Morgan fingerprint density at radius 2 is 1.75 bits per heavy atom. The van der Waals surface area contributed by atoms with Gasteiger partial charge in [0.1, 0.15) is 5.75 Å². The second-order valence-corrected chi connectivity index (χ2v) is 12.0. The number of nitrogens with one attached hydrogen (secondary N) is 1. The number of carbonyl (C=O) groups is 6. The SMILES string of the molecule is CN(C)[C@@H]1C(=O)C(C(N)=O)C(=O)[C@@]2(O)C(=O)C3C(=O)c4c(O)ccc(C=CC(=O)NC(C)(C)C)c4C[C@H]3[C@H](O)[C@@H]12. The van der Waals surface area contributed by atoms with Gasteiger partial charge in [0.05, 0.1) is 29.5 Å². The lowest BCUT2D eigenvalue weighted by Crippen LogP contribution is -2.77. The minimum absolute atomic E-state index is 0.151. The average Bonchev–Trinajstić information content (AvgIpc) is 2.82. The first-order valence-corrected chi connectivity index (χ1v) is 12.8. The van der Waals surface area contributed by atoms with E-state index in [-0.39, 0.29) is 17.5 Å². The first-order valence-electron chi connectivity index (χ1n) is 12.8. The highest BCUT2D eigenvalue weighted by Crippen LogP contribution is 2.51. The van der Waals surface area contributed by atoms with Crippen LogP contribution in [-0.2, 0) is 30.4 Å². The Morgan fingerprint density at radius 1 is 1.12 bits per heavy atom. The summed E-state index contributed by atoms with van der Waals surface area (Å²) in [4.78, 5) is 79.8. The smallest absolute Gasteiger partial charge is 0.244 e. The van der Waals surface area contributed by atoms with Crippen molar-refractivity contribution >= 4 is 41.0 Å². The van der Waals surface area contributed by atoms with Gasteiger partial charge in [0.15, 0.2) is 34.7 Å². The van der Waals surface area contributed by atoms with E-state index in [0.717, 1.165) is 0 Å². The summed E-state index contributed by atoms with van der Waals surface area (Å²) in [6.45, 7) is 5.40. The number of nitrogens with two attached hydrogens (primary N) is 1. The van der Waals surface area contributed by atoms with Crippen LogP contribution in [0.5, 0.6) is 5.75 Å². The van der Waals surface area contributed by atoms with Gasteiger partial charge >= 0.3 is 0 Å². The molecule has 2 unspecified atom stereocenters. The molecule has 2 fully saturated rings. The maximum atomic E-state index is 13.8. The zero-order valence-electron chi connectivity index (χ0n) is 22.8. The van der Waals surface area contributed by atoms with E-state index in [1.54, 1.807) is 20.8 Å². The predicted octanol–water partition coefficient (Wildman–Crippen LogP) is -1.23. The van der Waals surface area contributed by atoms with Gasteiger partial charge in [-0.3, -0.25) is 33.7 Å². The fraction of sp³-hybridized carbons (Fsp3) is 0.500. The van der Waals surface area contributed by atoms with E-state index in [1.165, 1.54) is 43.3 Å². The molecule has 4 rings (SSSR count). The molecular formula is C28H33N3O9. The van der Waals surface area contributed by atoms with Crippen LogP contribution in [0.25, 0.3) is 6.08 Å². The number of phenolic OH excluding ortho intramolecular Hbond substituents is 1. The molecule has 0 radical (unpaired) electrons. The average molecular weight is 556 g/mol. The summed E-state index contributed by atoms with van der Waals surface area (Å²) in [5.41, 5.74) is 2.13. The lowest BCUT2D eigenvalue weighted by molar-refractivity contribution is -0.195. The Balaban J connectivity index is 1.84. The molecule has 12 nitrogen and oxygen atoms in total. The largest absolute Gasteiger partial charge is 0.507 e. The van der Waals surface area contributed by atoms with Crippen molar-refractivity contribution in [2.45, 2.75) is 50.5 Å². The lowest BCUT2D eigenvalue weighted by atomic mass is 9.51. The maximum absolute atomic E-state index is 13.8. The van der Waals surface area contributed by atoms with Crippen molar-refractivity contribution in [1.82, 2.24) is 10.2 Å². The summed E-state index contributed by atoms with van der Waals surface area (Å²) in [6, 6.07) is 1.25. The maximum Gasteiger partial charge on any atom is 0.244 e. The zero-order valence-corrected chi connectivity index (χ0v) is 22.8. The Labute approximate surface area is 230 Å². The molecule has 0 heterocycles. The highest BCUT2D eigenvalue weighted by molar-refractivity contribution is 6.32. The summed E-state index contributed by atoms with van der Waals surface area (Å²) in [7, 11) is 2.84. The normalized spacial score (nSPS) is 32.1. The standard InChI is InChI=1S/C28H33N3O9/c1-27(2,3)30-15(33)9-7-11-6-8-14(32)16-12(11)10-13-17(22(16)35)24(37)28(40)19(21(13)34)20(31(4)5)23(36)18(25(28)38)26(29)39/h6-9,13,17-21,32,34,40H,10H2,1-5H3,(H2,29,39)(H,30,33)/t13-,17?,18?,19-,20+,21+,28+/m1/s1. The first kappa shape index (κ1) is 29.2. The highest BCUT2D eigenvalue weighted by atomic mass is 16.3.